The fourth-order valence-electron chi connectivity index (χ4n) is 8.97. The largest absolute Gasteiger partial charge is 0.308 e. The Kier molecular flexibility index (Phi) is 8.68. The van der Waals surface area contributed by atoms with Crippen LogP contribution >= 0.6 is 0 Å². The summed E-state index contributed by atoms with van der Waals surface area (Å²) < 4.78 is 4.43. The predicted octanol–water partition coefficient (Wildman–Crippen LogP) is 12.3. The maximum Gasteiger partial charge on any atom is 0.0993 e. The Bertz CT molecular complexity index is 3490. The number of nitriles is 5. The Morgan fingerprint density at radius 2 is 0.726 bits per heavy atom. The molecule has 0 aliphatic carbocycles. The molecule has 8 heteroatoms. The molecule has 0 spiro atoms. The summed E-state index contributed by atoms with van der Waals surface area (Å²) in [6.45, 7) is 3.96. The number of hydrogen-bond acceptors (Lipinski definition) is 6. The van der Waals surface area contributed by atoms with Crippen LogP contribution in [0.1, 0.15) is 39.2 Å². The van der Waals surface area contributed by atoms with E-state index in [-0.39, 0.29) is 0 Å². The first-order valence-electron chi connectivity index (χ1n) is 19.8. The first-order chi connectivity index (χ1) is 30.3. The van der Waals surface area contributed by atoms with Gasteiger partial charge < -0.3 is 9.13 Å². The van der Waals surface area contributed by atoms with Crippen LogP contribution < -0.4 is 0 Å². The van der Waals surface area contributed by atoms with Crippen LogP contribution in [0.15, 0.2) is 146 Å². The Morgan fingerprint density at radius 3 is 1.13 bits per heavy atom. The number of pyridine rings is 1. The van der Waals surface area contributed by atoms with Crippen molar-refractivity contribution in [3.8, 4) is 75.1 Å². The lowest BCUT2D eigenvalue weighted by atomic mass is 9.97. The molecule has 0 unspecified atom stereocenters. The summed E-state index contributed by atoms with van der Waals surface area (Å²) >= 11 is 0. The number of aryl methyl sites for hydroxylation is 2. The SMILES string of the molecule is Cc1cc(-c2c(-n3c4ccccc4c4ccc(-c5cc(C#N)cc(C#N)c5)cc43)cc(C#N)cc2-n2c3ccccc3c3ccc(-c4cc(C#N)cc(C#N)c4)cc32)cc(C)n1. The van der Waals surface area contributed by atoms with Crippen molar-refractivity contribution in [3.05, 3.63) is 185 Å². The van der Waals surface area contributed by atoms with Crippen molar-refractivity contribution in [1.29, 1.82) is 26.3 Å². The Morgan fingerprint density at radius 1 is 0.355 bits per heavy atom. The van der Waals surface area contributed by atoms with Crippen LogP contribution in [0.3, 0.4) is 0 Å². The highest BCUT2D eigenvalue weighted by atomic mass is 15.0. The quantitative estimate of drug-likeness (QED) is 0.170. The lowest BCUT2D eigenvalue weighted by molar-refractivity contribution is 1.11. The van der Waals surface area contributed by atoms with Gasteiger partial charge in [-0.05, 0) is 127 Å². The molecule has 0 radical (unpaired) electrons. The van der Waals surface area contributed by atoms with Gasteiger partial charge >= 0.3 is 0 Å². The highest BCUT2D eigenvalue weighted by molar-refractivity contribution is 6.13. The highest BCUT2D eigenvalue weighted by Crippen LogP contribution is 2.44. The van der Waals surface area contributed by atoms with Gasteiger partial charge in [0.1, 0.15) is 0 Å². The zero-order valence-electron chi connectivity index (χ0n) is 33.4. The van der Waals surface area contributed by atoms with E-state index >= 15 is 0 Å². The van der Waals surface area contributed by atoms with Crippen LogP contribution in [0.25, 0.3) is 88.4 Å². The number of aromatic nitrogens is 3. The Balaban J connectivity index is 1.35. The summed E-state index contributed by atoms with van der Waals surface area (Å²) in [5, 5.41) is 54.3. The molecule has 7 aromatic carbocycles. The normalized spacial score (nSPS) is 11.0. The van der Waals surface area contributed by atoms with Crippen molar-refractivity contribution in [2.45, 2.75) is 13.8 Å². The van der Waals surface area contributed by atoms with Crippen LogP contribution in [0.4, 0.5) is 0 Å². The van der Waals surface area contributed by atoms with E-state index in [1.165, 1.54) is 0 Å². The summed E-state index contributed by atoms with van der Waals surface area (Å²) in [7, 11) is 0. The fourth-order valence-corrected chi connectivity index (χ4v) is 8.97. The zero-order chi connectivity index (χ0) is 42.6. The van der Waals surface area contributed by atoms with E-state index in [0.29, 0.717) is 27.8 Å². The molecule has 286 valence electrons. The predicted molar refractivity (Wildman–Crippen MR) is 242 cm³/mol. The van der Waals surface area contributed by atoms with Gasteiger partial charge in [0.25, 0.3) is 0 Å². The molecule has 3 heterocycles. The van der Waals surface area contributed by atoms with Crippen LogP contribution in [-0.4, -0.2) is 14.1 Å². The van der Waals surface area contributed by atoms with Gasteiger partial charge in [0.05, 0.1) is 91.6 Å². The number of para-hydroxylation sites is 2. The third-order valence-electron chi connectivity index (χ3n) is 11.5. The van der Waals surface area contributed by atoms with Crippen molar-refractivity contribution in [3.63, 3.8) is 0 Å². The minimum Gasteiger partial charge on any atom is -0.308 e. The van der Waals surface area contributed by atoms with Crippen LogP contribution in [-0.2, 0) is 0 Å². The van der Waals surface area contributed by atoms with E-state index in [0.717, 1.165) is 99.8 Å². The average Bonchev–Trinajstić information content (AvgIpc) is 3.82. The monoisotopic (exact) mass is 790 g/mol. The maximum absolute atomic E-state index is 10.9. The average molecular weight is 791 g/mol. The summed E-state index contributed by atoms with van der Waals surface area (Å²) in [5.74, 6) is 0. The smallest absolute Gasteiger partial charge is 0.0993 e. The van der Waals surface area contributed by atoms with E-state index in [1.54, 1.807) is 36.4 Å². The van der Waals surface area contributed by atoms with Gasteiger partial charge in [-0.2, -0.15) is 26.3 Å². The minimum absolute atomic E-state index is 0.398. The van der Waals surface area contributed by atoms with Crippen LogP contribution in [0.5, 0.6) is 0 Å². The molecule has 62 heavy (non-hydrogen) atoms. The number of fused-ring (bicyclic) bond motifs is 6. The van der Waals surface area contributed by atoms with Crippen molar-refractivity contribution >= 4 is 43.6 Å². The molecule has 8 nitrogen and oxygen atoms in total. The van der Waals surface area contributed by atoms with Crippen LogP contribution in [0.2, 0.25) is 0 Å². The van der Waals surface area contributed by atoms with Gasteiger partial charge in [0.2, 0.25) is 0 Å². The van der Waals surface area contributed by atoms with Gasteiger partial charge in [0.15, 0.2) is 0 Å². The van der Waals surface area contributed by atoms with Crippen molar-refractivity contribution in [2.24, 2.45) is 0 Å². The molecular weight excluding hydrogens is 761 g/mol. The maximum atomic E-state index is 10.9. The molecule has 0 saturated carbocycles. The Hall–Kier alpha value is -9.26. The minimum atomic E-state index is 0.398. The summed E-state index contributed by atoms with van der Waals surface area (Å²) in [6.07, 6.45) is 0. The van der Waals surface area contributed by atoms with Gasteiger partial charge in [-0.15, -0.1) is 0 Å². The first kappa shape index (κ1) is 37.0. The number of nitrogens with zero attached hydrogens (tertiary/aromatic N) is 8. The molecule has 0 N–H and O–H groups in total. The lowest BCUT2D eigenvalue weighted by Gasteiger charge is -2.21. The van der Waals surface area contributed by atoms with Crippen molar-refractivity contribution in [1.82, 2.24) is 14.1 Å². The summed E-state index contributed by atoms with van der Waals surface area (Å²) in [5.41, 5.74) is 13.8. The summed E-state index contributed by atoms with van der Waals surface area (Å²) in [4.78, 5) is 4.77. The number of hydrogen-bond donors (Lipinski definition) is 0. The molecule has 10 rings (SSSR count). The lowest BCUT2D eigenvalue weighted by Crippen LogP contribution is -2.06. The molecule has 0 atom stereocenters. The van der Waals surface area contributed by atoms with Gasteiger partial charge in [-0.1, -0.05) is 60.7 Å². The van der Waals surface area contributed by atoms with Crippen molar-refractivity contribution in [2.75, 3.05) is 0 Å². The topological polar surface area (TPSA) is 142 Å². The molecular formula is C54H30N8. The third kappa shape index (κ3) is 5.99. The molecule has 10 aromatic rings. The third-order valence-corrected chi connectivity index (χ3v) is 11.5. The molecule has 3 aromatic heterocycles. The van der Waals surface area contributed by atoms with Gasteiger partial charge in [-0.25, -0.2) is 0 Å². The van der Waals surface area contributed by atoms with E-state index in [1.807, 2.05) is 62.4 Å². The first-order valence-corrected chi connectivity index (χ1v) is 19.8. The van der Waals surface area contributed by atoms with Gasteiger partial charge in [-0.3, -0.25) is 4.98 Å². The molecule has 0 aliphatic heterocycles. The zero-order valence-corrected chi connectivity index (χ0v) is 33.4. The molecule has 0 aliphatic rings. The van der Waals surface area contributed by atoms with E-state index < -0.39 is 0 Å². The standard InChI is InChI=1S/C54H30N8/c1-32-15-43(16-33(2)60-32)54-52(61-48-9-5-3-7-44(48)46-13-11-39(25-50(46)61)41-19-34(27-55)17-35(20-41)28-56)23-38(31-59)24-53(54)62-49-10-6-4-8-45(49)47-14-12-40(26-51(47)62)42-21-36(29-57)18-37(22-42)30-58/h3-26H,1-2H3. The van der Waals surface area contributed by atoms with E-state index in [9.17, 15) is 26.3 Å². The number of benzene rings is 7. The molecule has 0 amide bonds. The second-order valence-corrected chi connectivity index (χ2v) is 15.4. The molecule has 0 bridgehead atoms. The molecule has 0 fully saturated rings. The van der Waals surface area contributed by atoms with E-state index in [2.05, 4.69) is 100 Å². The summed E-state index contributed by atoms with van der Waals surface area (Å²) in [6, 6.07) is 58.5. The number of rotatable bonds is 5. The molecule has 0 saturated heterocycles. The van der Waals surface area contributed by atoms with Crippen LogP contribution in [0, 0.1) is 70.5 Å². The van der Waals surface area contributed by atoms with Gasteiger partial charge in [0, 0.05) is 38.5 Å². The second-order valence-electron chi connectivity index (χ2n) is 15.4. The van der Waals surface area contributed by atoms with Crippen molar-refractivity contribution < 1.29 is 0 Å². The fraction of sp³-hybridized carbons (Fsp3) is 0.0370. The highest BCUT2D eigenvalue weighted by Gasteiger charge is 2.24. The second kappa shape index (κ2) is 14.5. The van der Waals surface area contributed by atoms with E-state index in [4.69, 9.17) is 4.98 Å². The Labute approximate surface area is 356 Å².